The van der Waals surface area contributed by atoms with Gasteiger partial charge in [0, 0.05) is 37.4 Å². The summed E-state index contributed by atoms with van der Waals surface area (Å²) < 4.78 is 5.24. The maximum absolute atomic E-state index is 12.3. The van der Waals surface area contributed by atoms with Gasteiger partial charge in [0.1, 0.15) is 0 Å². The highest BCUT2D eigenvalue weighted by Crippen LogP contribution is 2.19. The number of carbonyl (C=O) groups excluding carboxylic acids is 1. The van der Waals surface area contributed by atoms with Crippen LogP contribution in [-0.4, -0.2) is 59.1 Å². The van der Waals surface area contributed by atoms with E-state index in [9.17, 15) is 4.79 Å². The van der Waals surface area contributed by atoms with Gasteiger partial charge in [-0.3, -0.25) is 4.79 Å². The Hall–Kier alpha value is -1.43. The fourth-order valence-electron chi connectivity index (χ4n) is 2.66. The normalized spacial score (nSPS) is 17.3. The second kappa shape index (κ2) is 6.77. The summed E-state index contributed by atoms with van der Waals surface area (Å²) in [6.45, 7) is 7.82. The quantitative estimate of drug-likeness (QED) is 0.849. The Morgan fingerprint density at radius 1 is 1.32 bits per heavy atom. The maximum atomic E-state index is 12.3. The molecule has 0 radical (unpaired) electrons. The summed E-state index contributed by atoms with van der Waals surface area (Å²) >= 11 is 0. The molecule has 0 unspecified atom stereocenters. The second-order valence-corrected chi connectivity index (χ2v) is 7.34. The largest absolute Gasteiger partial charge is 0.343 e. The Morgan fingerprint density at radius 3 is 2.45 bits per heavy atom. The molecule has 0 saturated carbocycles. The lowest BCUT2D eigenvalue weighted by atomic mass is 9.96. The molecule has 1 amide bonds. The van der Waals surface area contributed by atoms with Gasteiger partial charge in [-0.2, -0.15) is 4.98 Å². The van der Waals surface area contributed by atoms with E-state index in [2.05, 4.69) is 29.1 Å². The van der Waals surface area contributed by atoms with Crippen molar-refractivity contribution < 1.29 is 9.32 Å². The first-order chi connectivity index (χ1) is 10.3. The summed E-state index contributed by atoms with van der Waals surface area (Å²) in [6, 6.07) is 0.592. The highest BCUT2D eigenvalue weighted by Gasteiger charge is 2.25. The van der Waals surface area contributed by atoms with Crippen LogP contribution >= 0.6 is 0 Å². The van der Waals surface area contributed by atoms with Crippen molar-refractivity contribution in [1.82, 2.24) is 19.9 Å². The predicted molar refractivity (Wildman–Crippen MR) is 84.6 cm³/mol. The van der Waals surface area contributed by atoms with E-state index in [1.165, 1.54) is 0 Å². The van der Waals surface area contributed by atoms with Crippen molar-refractivity contribution in [3.05, 3.63) is 11.7 Å². The first kappa shape index (κ1) is 16.9. The van der Waals surface area contributed by atoms with E-state index in [-0.39, 0.29) is 11.3 Å². The molecular weight excluding hydrogens is 280 g/mol. The molecule has 124 valence electrons. The fourth-order valence-corrected chi connectivity index (χ4v) is 2.66. The number of hydrogen-bond donors (Lipinski definition) is 0. The van der Waals surface area contributed by atoms with Crippen molar-refractivity contribution in [2.45, 2.75) is 57.9 Å². The van der Waals surface area contributed by atoms with E-state index in [4.69, 9.17) is 4.52 Å². The lowest BCUT2D eigenvalue weighted by Crippen LogP contribution is -2.44. The van der Waals surface area contributed by atoms with Crippen molar-refractivity contribution >= 4 is 5.91 Å². The summed E-state index contributed by atoms with van der Waals surface area (Å²) in [7, 11) is 4.20. The lowest BCUT2D eigenvalue weighted by molar-refractivity contribution is -0.132. The van der Waals surface area contributed by atoms with Crippen LogP contribution in [0.25, 0.3) is 0 Å². The first-order valence-corrected chi connectivity index (χ1v) is 8.04. The Kier molecular flexibility index (Phi) is 5.21. The minimum absolute atomic E-state index is 0.125. The predicted octanol–water partition coefficient (Wildman–Crippen LogP) is 1.85. The van der Waals surface area contributed by atoms with Gasteiger partial charge in [-0.05, 0) is 26.9 Å². The SMILES string of the molecule is CN(C)C1CCN(C(=O)CCc2nc(C(C)(C)C)no2)CC1. The molecule has 1 aromatic rings. The van der Waals surface area contributed by atoms with E-state index in [0.29, 0.717) is 30.6 Å². The van der Waals surface area contributed by atoms with E-state index in [1.54, 1.807) is 0 Å². The third kappa shape index (κ3) is 4.29. The van der Waals surface area contributed by atoms with Crippen molar-refractivity contribution in [3.63, 3.8) is 0 Å². The Morgan fingerprint density at radius 2 is 1.95 bits per heavy atom. The van der Waals surface area contributed by atoms with Gasteiger partial charge in [0.05, 0.1) is 0 Å². The van der Waals surface area contributed by atoms with Crippen LogP contribution in [0.3, 0.4) is 0 Å². The first-order valence-electron chi connectivity index (χ1n) is 8.04. The van der Waals surface area contributed by atoms with Crippen molar-refractivity contribution in [1.29, 1.82) is 0 Å². The molecule has 6 nitrogen and oxygen atoms in total. The minimum atomic E-state index is -0.125. The molecule has 2 heterocycles. The molecule has 1 aromatic heterocycles. The fraction of sp³-hybridized carbons (Fsp3) is 0.812. The topological polar surface area (TPSA) is 62.5 Å². The van der Waals surface area contributed by atoms with Crippen molar-refractivity contribution in [2.75, 3.05) is 27.2 Å². The van der Waals surface area contributed by atoms with Gasteiger partial charge >= 0.3 is 0 Å². The molecule has 6 heteroatoms. The van der Waals surface area contributed by atoms with Crippen LogP contribution in [0.5, 0.6) is 0 Å². The minimum Gasteiger partial charge on any atom is -0.343 e. The number of amides is 1. The smallest absolute Gasteiger partial charge is 0.227 e. The van der Waals surface area contributed by atoms with Gasteiger partial charge in [0.2, 0.25) is 11.8 Å². The monoisotopic (exact) mass is 308 g/mol. The number of nitrogens with zero attached hydrogens (tertiary/aromatic N) is 4. The van der Waals surface area contributed by atoms with Gasteiger partial charge < -0.3 is 14.3 Å². The molecule has 0 N–H and O–H groups in total. The molecular formula is C16H28N4O2. The average Bonchev–Trinajstić information content (AvgIpc) is 2.94. The van der Waals surface area contributed by atoms with Gasteiger partial charge in [0.15, 0.2) is 5.82 Å². The Balaban J connectivity index is 1.80. The summed E-state index contributed by atoms with van der Waals surface area (Å²) in [5.74, 6) is 1.44. The van der Waals surface area contributed by atoms with E-state index in [0.717, 1.165) is 25.9 Å². The van der Waals surface area contributed by atoms with Gasteiger partial charge in [-0.1, -0.05) is 25.9 Å². The summed E-state index contributed by atoms with van der Waals surface area (Å²) in [5, 5.41) is 3.99. The number of aryl methyl sites for hydroxylation is 1. The van der Waals surface area contributed by atoms with Crippen LogP contribution in [0.2, 0.25) is 0 Å². The highest BCUT2D eigenvalue weighted by molar-refractivity contribution is 5.76. The van der Waals surface area contributed by atoms with Crippen LogP contribution in [0, 0.1) is 0 Å². The third-order valence-electron chi connectivity index (χ3n) is 4.24. The number of piperidine rings is 1. The summed E-state index contributed by atoms with van der Waals surface area (Å²) in [5.41, 5.74) is -0.125. The zero-order valence-electron chi connectivity index (χ0n) is 14.4. The molecule has 0 aliphatic carbocycles. The van der Waals surface area contributed by atoms with Crippen LogP contribution < -0.4 is 0 Å². The van der Waals surface area contributed by atoms with Crippen molar-refractivity contribution in [3.8, 4) is 0 Å². The van der Waals surface area contributed by atoms with E-state index >= 15 is 0 Å². The number of carbonyl (C=O) groups is 1. The van der Waals surface area contributed by atoms with E-state index in [1.807, 2.05) is 25.7 Å². The number of hydrogen-bond acceptors (Lipinski definition) is 5. The number of aromatic nitrogens is 2. The number of likely N-dealkylation sites (tertiary alicyclic amines) is 1. The second-order valence-electron chi connectivity index (χ2n) is 7.34. The zero-order chi connectivity index (χ0) is 16.3. The van der Waals surface area contributed by atoms with Gasteiger partial charge in [-0.15, -0.1) is 0 Å². The molecule has 0 atom stereocenters. The zero-order valence-corrected chi connectivity index (χ0v) is 14.4. The Labute approximate surface area is 132 Å². The maximum Gasteiger partial charge on any atom is 0.227 e. The van der Waals surface area contributed by atoms with Gasteiger partial charge in [0.25, 0.3) is 0 Å². The lowest BCUT2D eigenvalue weighted by Gasteiger charge is -2.35. The van der Waals surface area contributed by atoms with Crippen LogP contribution in [0.15, 0.2) is 4.52 Å². The van der Waals surface area contributed by atoms with Crippen LogP contribution in [0.1, 0.15) is 51.7 Å². The summed E-state index contributed by atoms with van der Waals surface area (Å²) in [4.78, 5) is 20.9. The molecule has 1 aliphatic heterocycles. The van der Waals surface area contributed by atoms with Crippen LogP contribution in [-0.2, 0) is 16.6 Å². The molecule has 2 rings (SSSR count). The highest BCUT2D eigenvalue weighted by atomic mass is 16.5. The molecule has 22 heavy (non-hydrogen) atoms. The van der Waals surface area contributed by atoms with Crippen molar-refractivity contribution in [2.24, 2.45) is 0 Å². The molecule has 1 saturated heterocycles. The Bertz CT molecular complexity index is 496. The molecule has 1 aliphatic rings. The molecule has 0 aromatic carbocycles. The average molecular weight is 308 g/mol. The standard InChI is InChI=1S/C16H28N4O2/c1-16(2,3)15-17-13(22-18-15)6-7-14(21)20-10-8-12(9-11-20)19(4)5/h12H,6-11H2,1-5H3. The molecule has 0 spiro atoms. The molecule has 0 bridgehead atoms. The summed E-state index contributed by atoms with van der Waals surface area (Å²) in [6.07, 6.45) is 3.06. The molecule has 1 fully saturated rings. The third-order valence-corrected chi connectivity index (χ3v) is 4.24. The van der Waals surface area contributed by atoms with E-state index < -0.39 is 0 Å². The van der Waals surface area contributed by atoms with Crippen LogP contribution in [0.4, 0.5) is 0 Å². The number of rotatable bonds is 4. The van der Waals surface area contributed by atoms with Gasteiger partial charge in [-0.25, -0.2) is 0 Å².